The Bertz CT molecular complexity index is 201. The first kappa shape index (κ1) is 14.2. The van der Waals surface area contributed by atoms with E-state index in [0.717, 1.165) is 0 Å². The summed E-state index contributed by atoms with van der Waals surface area (Å²) >= 11 is 0. The maximum atomic E-state index is 2.22. The molecule has 1 aromatic carbocycles. The molecule has 67 valence electrons. The smallest absolute Gasteiger partial charge is 0.146 e. The van der Waals surface area contributed by atoms with Gasteiger partial charge < -0.3 is 5.48 Å². The summed E-state index contributed by atoms with van der Waals surface area (Å²) in [6.45, 7) is 6.67. The van der Waals surface area contributed by atoms with Crippen molar-refractivity contribution in [2.24, 2.45) is 0 Å². The molecule has 1 radical (unpaired) electrons. The molecule has 2 heteroatoms. The molecule has 1 rings (SSSR count). The molecule has 0 aromatic heterocycles. The standard InChI is InChI=1S/C10H14.Al.H2O.2H/c1-10(2,3)9-7-5-4-6-8-9;;;;/h4-8H,1-3H3;;1H2;;. The molecule has 0 spiro atoms. The van der Waals surface area contributed by atoms with Crippen LogP contribution in [0.3, 0.4) is 0 Å². The zero-order chi connectivity index (χ0) is 7.61. The lowest BCUT2D eigenvalue weighted by molar-refractivity contribution is 0.590. The van der Waals surface area contributed by atoms with Gasteiger partial charge in [0.1, 0.15) is 17.4 Å². The van der Waals surface area contributed by atoms with Gasteiger partial charge >= 0.3 is 0 Å². The molecule has 0 atom stereocenters. The Labute approximate surface area is 85.2 Å². The lowest BCUT2D eigenvalue weighted by atomic mass is 9.87. The predicted molar refractivity (Wildman–Crippen MR) is 57.3 cm³/mol. The van der Waals surface area contributed by atoms with Crippen LogP contribution < -0.4 is 0 Å². The minimum Gasteiger partial charge on any atom is -0.412 e. The minimum absolute atomic E-state index is 0. The molecule has 0 saturated heterocycles. The van der Waals surface area contributed by atoms with Crippen molar-refractivity contribution in [1.82, 2.24) is 0 Å². The molecular weight excluding hydrogens is 163 g/mol. The average molecular weight is 181 g/mol. The second-order valence-electron chi connectivity index (χ2n) is 3.62. The van der Waals surface area contributed by atoms with Crippen molar-refractivity contribution < 1.29 is 5.48 Å². The van der Waals surface area contributed by atoms with E-state index in [4.69, 9.17) is 0 Å². The zero-order valence-corrected chi connectivity index (χ0v) is 10.4. The highest BCUT2D eigenvalue weighted by Crippen LogP contribution is 2.20. The van der Waals surface area contributed by atoms with Crippen LogP contribution in [0.5, 0.6) is 0 Å². The van der Waals surface area contributed by atoms with E-state index in [9.17, 15) is 0 Å². The van der Waals surface area contributed by atoms with Gasteiger partial charge in [-0.15, -0.1) is 0 Å². The first-order valence-corrected chi connectivity index (χ1v) is 3.66. The van der Waals surface area contributed by atoms with Gasteiger partial charge in [-0.05, 0) is 11.0 Å². The highest BCUT2D eigenvalue weighted by molar-refractivity contribution is 5.75. The summed E-state index contributed by atoms with van der Waals surface area (Å²) < 4.78 is 0. The molecule has 1 nitrogen and oxygen atoms in total. The molecule has 0 fully saturated rings. The molecule has 1 aromatic rings. The van der Waals surface area contributed by atoms with Crippen LogP contribution in [0.25, 0.3) is 0 Å². The molecule has 0 aliphatic rings. The van der Waals surface area contributed by atoms with E-state index in [1.807, 2.05) is 0 Å². The van der Waals surface area contributed by atoms with Crippen LogP contribution in [0, 0.1) is 0 Å². The van der Waals surface area contributed by atoms with Crippen LogP contribution in [0.2, 0.25) is 0 Å². The fraction of sp³-hybridized carbons (Fsp3) is 0.400. The van der Waals surface area contributed by atoms with Crippen molar-refractivity contribution in [1.29, 1.82) is 0 Å². The summed E-state index contributed by atoms with van der Waals surface area (Å²) in [6.07, 6.45) is 0. The monoisotopic (exact) mass is 181 g/mol. The van der Waals surface area contributed by atoms with E-state index in [1.165, 1.54) is 5.56 Å². The van der Waals surface area contributed by atoms with Gasteiger partial charge in [0.25, 0.3) is 0 Å². The van der Waals surface area contributed by atoms with Crippen molar-refractivity contribution in [3.63, 3.8) is 0 Å². The molecule has 0 aliphatic carbocycles. The van der Waals surface area contributed by atoms with Crippen LogP contribution in [-0.4, -0.2) is 22.8 Å². The van der Waals surface area contributed by atoms with Gasteiger partial charge in [-0.25, -0.2) is 0 Å². The molecule has 2 N–H and O–H groups in total. The first-order chi connectivity index (χ1) is 4.61. The zero-order valence-electron chi connectivity index (χ0n) is 8.39. The normalized spacial score (nSPS) is 9.58. The quantitative estimate of drug-likeness (QED) is 0.539. The molecule has 0 saturated carbocycles. The highest BCUT2D eigenvalue weighted by Gasteiger charge is 2.11. The summed E-state index contributed by atoms with van der Waals surface area (Å²) in [5.41, 5.74) is 1.69. The minimum atomic E-state index is 0. The van der Waals surface area contributed by atoms with Gasteiger partial charge in [-0.3, -0.25) is 0 Å². The van der Waals surface area contributed by atoms with Crippen LogP contribution in [0.4, 0.5) is 0 Å². The first-order valence-electron chi connectivity index (χ1n) is 3.66. The van der Waals surface area contributed by atoms with E-state index >= 15 is 0 Å². The molecular formula is C10H18AlO. The molecule has 0 bridgehead atoms. The predicted octanol–water partition coefficient (Wildman–Crippen LogP) is 1.24. The Kier molecular flexibility index (Phi) is 6.38. The number of hydrogen-bond acceptors (Lipinski definition) is 0. The Balaban J connectivity index is 0. The SMILES string of the molecule is CC(C)(C)c1ccccc1.O.[AlH2]. The topological polar surface area (TPSA) is 31.5 Å². The third-order valence-electron chi connectivity index (χ3n) is 1.64. The van der Waals surface area contributed by atoms with Gasteiger partial charge in [0.05, 0.1) is 0 Å². The second-order valence-corrected chi connectivity index (χ2v) is 3.62. The summed E-state index contributed by atoms with van der Waals surface area (Å²) in [5.74, 6) is 0. The third-order valence-corrected chi connectivity index (χ3v) is 1.64. The molecule has 12 heavy (non-hydrogen) atoms. The van der Waals surface area contributed by atoms with Crippen LogP contribution in [-0.2, 0) is 5.41 Å². The third kappa shape index (κ3) is 3.92. The molecule has 0 amide bonds. The largest absolute Gasteiger partial charge is 0.412 e. The lowest BCUT2D eigenvalue weighted by Crippen LogP contribution is -2.10. The van der Waals surface area contributed by atoms with Crippen molar-refractivity contribution >= 4 is 17.4 Å². The summed E-state index contributed by atoms with van der Waals surface area (Å²) in [4.78, 5) is 0. The van der Waals surface area contributed by atoms with Gasteiger partial charge in [-0.1, -0.05) is 51.1 Å². The molecule has 0 aliphatic heterocycles. The molecule has 0 heterocycles. The molecule has 0 unspecified atom stereocenters. The Hall–Kier alpha value is -0.288. The van der Waals surface area contributed by atoms with Crippen molar-refractivity contribution in [3.8, 4) is 0 Å². The maximum Gasteiger partial charge on any atom is 0.146 e. The van der Waals surface area contributed by atoms with Crippen molar-refractivity contribution in [3.05, 3.63) is 35.9 Å². The van der Waals surface area contributed by atoms with Gasteiger partial charge in [0.15, 0.2) is 0 Å². The van der Waals surface area contributed by atoms with Gasteiger partial charge in [-0.2, -0.15) is 0 Å². The maximum absolute atomic E-state index is 2.22. The average Bonchev–Trinajstić information content (AvgIpc) is 1.88. The highest BCUT2D eigenvalue weighted by atomic mass is 27.0. The number of rotatable bonds is 0. The van der Waals surface area contributed by atoms with Crippen molar-refractivity contribution in [2.75, 3.05) is 0 Å². The van der Waals surface area contributed by atoms with Crippen LogP contribution >= 0.6 is 0 Å². The Morgan fingerprint density at radius 3 is 1.58 bits per heavy atom. The van der Waals surface area contributed by atoms with E-state index in [-0.39, 0.29) is 22.8 Å². The second kappa shape index (κ2) is 5.37. The summed E-state index contributed by atoms with van der Waals surface area (Å²) in [7, 11) is 0. The fourth-order valence-electron chi connectivity index (χ4n) is 0.938. The fourth-order valence-corrected chi connectivity index (χ4v) is 0.938. The van der Waals surface area contributed by atoms with Gasteiger partial charge in [0.2, 0.25) is 0 Å². The van der Waals surface area contributed by atoms with E-state index in [0.29, 0.717) is 5.41 Å². The number of benzene rings is 1. The van der Waals surface area contributed by atoms with Crippen LogP contribution in [0.15, 0.2) is 30.3 Å². The summed E-state index contributed by atoms with van der Waals surface area (Å²) in [6, 6.07) is 10.6. The lowest BCUT2D eigenvalue weighted by Gasteiger charge is -2.18. The Morgan fingerprint density at radius 1 is 0.917 bits per heavy atom. The summed E-state index contributed by atoms with van der Waals surface area (Å²) in [5, 5.41) is 0. The number of hydrogen-bond donors (Lipinski definition) is 0. The van der Waals surface area contributed by atoms with Gasteiger partial charge in [0, 0.05) is 0 Å². The van der Waals surface area contributed by atoms with E-state index in [2.05, 4.69) is 51.1 Å². The Morgan fingerprint density at radius 2 is 1.33 bits per heavy atom. The van der Waals surface area contributed by atoms with E-state index in [1.54, 1.807) is 0 Å². The van der Waals surface area contributed by atoms with E-state index < -0.39 is 0 Å². The van der Waals surface area contributed by atoms with Crippen molar-refractivity contribution in [2.45, 2.75) is 26.2 Å². The van der Waals surface area contributed by atoms with Crippen LogP contribution in [0.1, 0.15) is 26.3 Å².